The molecule has 1 aromatic heterocycles. The van der Waals surface area contributed by atoms with Crippen LogP contribution in [-0.4, -0.2) is 57.3 Å². The van der Waals surface area contributed by atoms with Crippen molar-refractivity contribution < 1.29 is 14.7 Å². The number of carbonyl (C=O) groups excluding carboxylic acids is 2. The van der Waals surface area contributed by atoms with E-state index in [0.717, 1.165) is 38.5 Å². The largest absolute Gasteiger partial charge is 0.388 e. The summed E-state index contributed by atoms with van der Waals surface area (Å²) in [6.45, 7) is 1.97. The van der Waals surface area contributed by atoms with Gasteiger partial charge < -0.3 is 15.3 Å². The number of likely N-dealkylation sites (N-methyl/N-ethyl adjacent to an activating group) is 1. The Kier molecular flexibility index (Phi) is 6.36. The molecule has 1 aliphatic rings. The van der Waals surface area contributed by atoms with Gasteiger partial charge in [-0.2, -0.15) is 5.10 Å². The molecule has 7 nitrogen and oxygen atoms in total. The smallest absolute Gasteiger partial charge is 0.247 e. The van der Waals surface area contributed by atoms with E-state index >= 15 is 0 Å². The second-order valence-corrected chi connectivity index (χ2v) is 6.77. The predicted molar refractivity (Wildman–Crippen MR) is 90.2 cm³/mol. The van der Waals surface area contributed by atoms with E-state index < -0.39 is 11.6 Å². The fourth-order valence-electron chi connectivity index (χ4n) is 3.12. The third-order valence-electron chi connectivity index (χ3n) is 4.68. The van der Waals surface area contributed by atoms with Crippen LogP contribution in [0.25, 0.3) is 0 Å². The number of nitrogens with one attached hydrogen (secondary N) is 1. The van der Waals surface area contributed by atoms with Gasteiger partial charge in [-0.1, -0.05) is 25.7 Å². The van der Waals surface area contributed by atoms with Crippen LogP contribution in [0.5, 0.6) is 0 Å². The number of aromatic nitrogens is 2. The maximum absolute atomic E-state index is 12.3. The molecule has 1 atom stereocenters. The topological polar surface area (TPSA) is 87.5 Å². The number of carbonyl (C=O) groups is 2. The molecule has 2 N–H and O–H groups in total. The van der Waals surface area contributed by atoms with Crippen LogP contribution in [0.4, 0.5) is 0 Å². The van der Waals surface area contributed by atoms with E-state index in [1.54, 1.807) is 37.1 Å². The highest BCUT2D eigenvalue weighted by molar-refractivity contribution is 5.86. The molecule has 134 valence electrons. The lowest BCUT2D eigenvalue weighted by molar-refractivity contribution is -0.137. The van der Waals surface area contributed by atoms with E-state index in [2.05, 4.69) is 10.4 Å². The molecule has 7 heteroatoms. The lowest BCUT2D eigenvalue weighted by Crippen LogP contribution is -2.46. The molecule has 2 amide bonds. The molecule has 0 unspecified atom stereocenters. The molecule has 1 heterocycles. The highest BCUT2D eigenvalue weighted by atomic mass is 16.3. The summed E-state index contributed by atoms with van der Waals surface area (Å²) in [5.41, 5.74) is -0.808. The molecule has 0 saturated heterocycles. The number of amides is 2. The minimum absolute atomic E-state index is 0.0273. The van der Waals surface area contributed by atoms with Crippen molar-refractivity contribution in [3.05, 3.63) is 18.5 Å². The van der Waals surface area contributed by atoms with Crippen LogP contribution in [0.3, 0.4) is 0 Å². The Morgan fingerprint density at radius 2 is 2.00 bits per heavy atom. The van der Waals surface area contributed by atoms with Gasteiger partial charge in [0, 0.05) is 26.0 Å². The lowest BCUT2D eigenvalue weighted by atomic mass is 9.94. The van der Waals surface area contributed by atoms with E-state index in [1.165, 1.54) is 4.90 Å². The standard InChI is InChI=1S/C17H28N4O3/c1-14(21-11-7-10-19-21)16(23)20(2)12-15(22)18-13-17(24)8-5-3-4-6-9-17/h7,10-11,14,24H,3-6,8-9,12-13H2,1-2H3,(H,18,22)/t14-/m0/s1. The molecular weight excluding hydrogens is 308 g/mol. The first kappa shape index (κ1) is 18.4. The molecule has 1 fully saturated rings. The normalized spacial score (nSPS) is 18.5. The first-order chi connectivity index (χ1) is 11.4. The zero-order valence-corrected chi connectivity index (χ0v) is 14.6. The van der Waals surface area contributed by atoms with Crippen molar-refractivity contribution in [1.29, 1.82) is 0 Å². The zero-order chi connectivity index (χ0) is 17.6. The maximum Gasteiger partial charge on any atom is 0.247 e. The van der Waals surface area contributed by atoms with E-state index in [-0.39, 0.29) is 24.9 Å². The van der Waals surface area contributed by atoms with Crippen molar-refractivity contribution in [1.82, 2.24) is 20.0 Å². The van der Waals surface area contributed by atoms with Crippen LogP contribution < -0.4 is 5.32 Å². The van der Waals surface area contributed by atoms with Crippen molar-refractivity contribution in [2.24, 2.45) is 0 Å². The molecular formula is C17H28N4O3. The highest BCUT2D eigenvalue weighted by Gasteiger charge is 2.29. The Labute approximate surface area is 143 Å². The molecule has 0 aromatic carbocycles. The third kappa shape index (κ3) is 5.06. The Hall–Kier alpha value is -1.89. The summed E-state index contributed by atoms with van der Waals surface area (Å²) < 4.78 is 1.56. The van der Waals surface area contributed by atoms with Gasteiger partial charge in [0.05, 0.1) is 12.1 Å². The lowest BCUT2D eigenvalue weighted by Gasteiger charge is -2.27. The molecule has 1 saturated carbocycles. The Bertz CT molecular complexity index is 536. The average Bonchev–Trinajstić information content (AvgIpc) is 3.01. The zero-order valence-electron chi connectivity index (χ0n) is 14.6. The van der Waals surface area contributed by atoms with Gasteiger partial charge in [0.25, 0.3) is 0 Å². The minimum Gasteiger partial charge on any atom is -0.388 e. The summed E-state index contributed by atoms with van der Waals surface area (Å²) in [6.07, 6.45) is 9.04. The molecule has 1 aromatic rings. The van der Waals surface area contributed by atoms with Gasteiger partial charge in [0.1, 0.15) is 6.04 Å². The van der Waals surface area contributed by atoms with Crippen LogP contribution in [0.2, 0.25) is 0 Å². The quantitative estimate of drug-likeness (QED) is 0.762. The molecule has 0 spiro atoms. The fourth-order valence-corrected chi connectivity index (χ4v) is 3.12. The number of rotatable bonds is 6. The van der Waals surface area contributed by atoms with Crippen molar-refractivity contribution in [2.45, 2.75) is 57.1 Å². The van der Waals surface area contributed by atoms with E-state index in [9.17, 15) is 14.7 Å². The van der Waals surface area contributed by atoms with Crippen molar-refractivity contribution >= 4 is 11.8 Å². The van der Waals surface area contributed by atoms with Crippen LogP contribution in [0, 0.1) is 0 Å². The van der Waals surface area contributed by atoms with Gasteiger partial charge in [-0.05, 0) is 25.8 Å². The SMILES string of the molecule is C[C@@H](C(=O)N(C)CC(=O)NCC1(O)CCCCCC1)n1cccn1. The van der Waals surface area contributed by atoms with Crippen molar-refractivity contribution in [3.8, 4) is 0 Å². The second kappa shape index (κ2) is 8.28. The van der Waals surface area contributed by atoms with Gasteiger partial charge in [-0.25, -0.2) is 0 Å². The molecule has 0 bridgehead atoms. The Morgan fingerprint density at radius 1 is 1.33 bits per heavy atom. The molecule has 0 aliphatic heterocycles. The first-order valence-corrected chi connectivity index (χ1v) is 8.64. The van der Waals surface area contributed by atoms with E-state index in [0.29, 0.717) is 0 Å². The fraction of sp³-hybridized carbons (Fsp3) is 0.706. The number of aliphatic hydroxyl groups is 1. The van der Waals surface area contributed by atoms with Crippen molar-refractivity contribution in [2.75, 3.05) is 20.1 Å². The third-order valence-corrected chi connectivity index (χ3v) is 4.68. The average molecular weight is 336 g/mol. The van der Waals surface area contributed by atoms with Crippen LogP contribution >= 0.6 is 0 Å². The van der Waals surface area contributed by atoms with Crippen LogP contribution in [0.1, 0.15) is 51.5 Å². The van der Waals surface area contributed by atoms with Crippen LogP contribution in [-0.2, 0) is 9.59 Å². The summed E-state index contributed by atoms with van der Waals surface area (Å²) in [7, 11) is 1.60. The summed E-state index contributed by atoms with van der Waals surface area (Å²) in [5.74, 6) is -0.432. The molecule has 0 radical (unpaired) electrons. The Balaban J connectivity index is 1.79. The van der Waals surface area contributed by atoms with Gasteiger partial charge in [-0.3, -0.25) is 14.3 Å². The summed E-state index contributed by atoms with van der Waals surface area (Å²) >= 11 is 0. The molecule has 1 aliphatic carbocycles. The van der Waals surface area contributed by atoms with Gasteiger partial charge in [0.15, 0.2) is 0 Å². The van der Waals surface area contributed by atoms with Gasteiger partial charge >= 0.3 is 0 Å². The minimum atomic E-state index is -0.808. The van der Waals surface area contributed by atoms with Crippen molar-refractivity contribution in [3.63, 3.8) is 0 Å². The molecule has 2 rings (SSSR count). The monoisotopic (exact) mass is 336 g/mol. The molecule has 24 heavy (non-hydrogen) atoms. The summed E-state index contributed by atoms with van der Waals surface area (Å²) in [4.78, 5) is 25.8. The Morgan fingerprint density at radius 3 is 2.58 bits per heavy atom. The summed E-state index contributed by atoms with van der Waals surface area (Å²) in [6, 6.07) is 1.30. The van der Waals surface area contributed by atoms with Crippen LogP contribution in [0.15, 0.2) is 18.5 Å². The second-order valence-electron chi connectivity index (χ2n) is 6.77. The van der Waals surface area contributed by atoms with E-state index in [4.69, 9.17) is 0 Å². The number of hydrogen-bond acceptors (Lipinski definition) is 4. The van der Waals surface area contributed by atoms with Gasteiger partial charge in [-0.15, -0.1) is 0 Å². The van der Waals surface area contributed by atoms with E-state index in [1.807, 2.05) is 0 Å². The first-order valence-electron chi connectivity index (χ1n) is 8.64. The maximum atomic E-state index is 12.3. The number of hydrogen-bond donors (Lipinski definition) is 2. The summed E-state index contributed by atoms with van der Waals surface area (Å²) in [5, 5.41) is 17.4. The van der Waals surface area contributed by atoms with Gasteiger partial charge in [0.2, 0.25) is 11.8 Å². The highest BCUT2D eigenvalue weighted by Crippen LogP contribution is 2.26. The predicted octanol–water partition coefficient (Wildman–Crippen LogP) is 1.10. The number of nitrogens with zero attached hydrogens (tertiary/aromatic N) is 3.